The van der Waals surface area contributed by atoms with Crippen molar-refractivity contribution in [2.45, 2.75) is 38.6 Å². The minimum absolute atomic E-state index is 0.0481. The molecule has 25 heavy (non-hydrogen) atoms. The molecule has 1 aromatic carbocycles. The highest BCUT2D eigenvalue weighted by Gasteiger charge is 2.30. The zero-order valence-electron chi connectivity index (χ0n) is 14.2. The van der Waals surface area contributed by atoms with Gasteiger partial charge in [-0.1, -0.05) is 52.7 Å². The van der Waals surface area contributed by atoms with Crippen LogP contribution in [-0.2, 0) is 6.42 Å². The first-order chi connectivity index (χ1) is 12.2. The molecule has 132 valence electrons. The van der Waals surface area contributed by atoms with E-state index in [1.807, 2.05) is 6.92 Å². The number of likely N-dealkylation sites (tertiary alicyclic amines) is 1. The molecule has 1 aliphatic heterocycles. The number of aromatic nitrogens is 3. The van der Waals surface area contributed by atoms with Crippen LogP contribution in [0.2, 0.25) is 0 Å². The van der Waals surface area contributed by atoms with Crippen molar-refractivity contribution in [3.05, 3.63) is 45.0 Å². The van der Waals surface area contributed by atoms with Gasteiger partial charge in [-0.2, -0.15) is 4.52 Å². The SMILES string of the molecule is CCc1nc2sc([C@@H](c3ccc(Br)cc3)N3CCCCC3)c(O)n2n1. The number of benzene rings is 1. The van der Waals surface area contributed by atoms with E-state index in [1.165, 1.54) is 24.8 Å². The van der Waals surface area contributed by atoms with E-state index in [1.54, 1.807) is 15.9 Å². The van der Waals surface area contributed by atoms with Gasteiger partial charge >= 0.3 is 0 Å². The molecule has 1 fully saturated rings. The molecule has 1 N–H and O–H groups in total. The second kappa shape index (κ2) is 7.05. The van der Waals surface area contributed by atoms with E-state index < -0.39 is 0 Å². The lowest BCUT2D eigenvalue weighted by Crippen LogP contribution is -2.34. The first-order valence-electron chi connectivity index (χ1n) is 8.74. The van der Waals surface area contributed by atoms with Crippen LogP contribution in [0, 0.1) is 0 Å². The molecular formula is C18H21BrN4OS. The van der Waals surface area contributed by atoms with Gasteiger partial charge in [0.1, 0.15) is 0 Å². The predicted molar refractivity (Wildman–Crippen MR) is 103 cm³/mol. The number of aryl methyl sites for hydroxylation is 1. The maximum Gasteiger partial charge on any atom is 0.230 e. The number of rotatable bonds is 4. The van der Waals surface area contributed by atoms with Crippen molar-refractivity contribution < 1.29 is 5.11 Å². The summed E-state index contributed by atoms with van der Waals surface area (Å²) in [5.74, 6) is 0.997. The fourth-order valence-electron chi connectivity index (χ4n) is 3.47. The standard InChI is InChI=1S/C18H21BrN4OS/c1-2-14-20-18-23(21-14)17(24)16(25-18)15(22-10-4-3-5-11-22)12-6-8-13(19)9-7-12/h6-9,15,24H,2-5,10-11H2,1H3/t15-/m1/s1. The van der Waals surface area contributed by atoms with Gasteiger partial charge in [0.15, 0.2) is 5.82 Å². The van der Waals surface area contributed by atoms with E-state index in [9.17, 15) is 5.11 Å². The van der Waals surface area contributed by atoms with Gasteiger partial charge in [0, 0.05) is 10.9 Å². The fraction of sp³-hybridized carbons (Fsp3) is 0.444. The van der Waals surface area contributed by atoms with Crippen molar-refractivity contribution in [1.29, 1.82) is 0 Å². The van der Waals surface area contributed by atoms with Gasteiger partial charge in [-0.05, 0) is 43.6 Å². The zero-order chi connectivity index (χ0) is 17.4. The summed E-state index contributed by atoms with van der Waals surface area (Å²) in [7, 11) is 0. The van der Waals surface area contributed by atoms with Crippen LogP contribution in [0.3, 0.4) is 0 Å². The number of hydrogen-bond acceptors (Lipinski definition) is 5. The molecule has 1 saturated heterocycles. The maximum absolute atomic E-state index is 10.9. The molecule has 0 bridgehead atoms. The lowest BCUT2D eigenvalue weighted by Gasteiger charge is -2.34. The topological polar surface area (TPSA) is 53.7 Å². The molecule has 0 unspecified atom stereocenters. The molecule has 3 heterocycles. The molecule has 3 aromatic rings. The van der Waals surface area contributed by atoms with Gasteiger partial charge < -0.3 is 5.11 Å². The Morgan fingerprint density at radius 3 is 2.56 bits per heavy atom. The van der Waals surface area contributed by atoms with E-state index in [0.29, 0.717) is 0 Å². The third-order valence-electron chi connectivity index (χ3n) is 4.75. The Hall–Kier alpha value is -1.44. The van der Waals surface area contributed by atoms with Gasteiger partial charge in [-0.25, -0.2) is 4.98 Å². The third-order valence-corrected chi connectivity index (χ3v) is 6.35. The van der Waals surface area contributed by atoms with E-state index in [-0.39, 0.29) is 11.9 Å². The van der Waals surface area contributed by atoms with Crippen LogP contribution in [0.1, 0.15) is 48.5 Å². The summed E-state index contributed by atoms with van der Waals surface area (Å²) in [6.45, 7) is 4.12. The Labute approximate surface area is 159 Å². The summed E-state index contributed by atoms with van der Waals surface area (Å²) < 4.78 is 2.65. The van der Waals surface area contributed by atoms with E-state index in [2.05, 4.69) is 55.2 Å². The Morgan fingerprint density at radius 1 is 1.20 bits per heavy atom. The minimum Gasteiger partial charge on any atom is -0.492 e. The average molecular weight is 421 g/mol. The monoisotopic (exact) mass is 420 g/mol. The van der Waals surface area contributed by atoms with Crippen LogP contribution in [0.5, 0.6) is 5.88 Å². The van der Waals surface area contributed by atoms with Crippen LogP contribution in [-0.4, -0.2) is 37.7 Å². The van der Waals surface area contributed by atoms with E-state index in [4.69, 9.17) is 0 Å². The second-order valence-corrected chi connectivity index (χ2v) is 8.34. The number of halogens is 1. The summed E-state index contributed by atoms with van der Waals surface area (Å²) in [6, 6.07) is 8.45. The highest BCUT2D eigenvalue weighted by Crippen LogP contribution is 2.41. The molecule has 0 radical (unpaired) electrons. The molecule has 0 aliphatic carbocycles. The van der Waals surface area contributed by atoms with Crippen molar-refractivity contribution in [3.8, 4) is 5.88 Å². The molecule has 7 heteroatoms. The third kappa shape index (κ3) is 3.20. The second-order valence-electron chi connectivity index (χ2n) is 6.42. The molecule has 1 aliphatic rings. The Morgan fingerprint density at radius 2 is 1.92 bits per heavy atom. The summed E-state index contributed by atoms with van der Waals surface area (Å²) in [5.41, 5.74) is 1.20. The molecule has 5 nitrogen and oxygen atoms in total. The fourth-order valence-corrected chi connectivity index (χ4v) is 4.87. The zero-order valence-corrected chi connectivity index (χ0v) is 16.6. The Balaban J connectivity index is 1.80. The van der Waals surface area contributed by atoms with Crippen LogP contribution < -0.4 is 0 Å². The summed E-state index contributed by atoms with van der Waals surface area (Å²) in [5, 5.41) is 15.3. The largest absolute Gasteiger partial charge is 0.492 e. The van der Waals surface area contributed by atoms with Crippen LogP contribution in [0.15, 0.2) is 28.7 Å². The smallest absolute Gasteiger partial charge is 0.230 e. The quantitative estimate of drug-likeness (QED) is 0.679. The normalized spacial score (nSPS) is 17.2. The number of nitrogens with zero attached hydrogens (tertiary/aromatic N) is 4. The van der Waals surface area contributed by atoms with Crippen molar-refractivity contribution in [2.24, 2.45) is 0 Å². The first kappa shape index (κ1) is 17.0. The minimum atomic E-state index is 0.0481. The molecular weight excluding hydrogens is 400 g/mol. The van der Waals surface area contributed by atoms with Gasteiger partial charge in [-0.15, -0.1) is 5.10 Å². The Kier molecular flexibility index (Phi) is 4.80. The van der Waals surface area contributed by atoms with Gasteiger partial charge in [0.2, 0.25) is 10.8 Å². The predicted octanol–water partition coefficient (Wildman–Crippen LogP) is 4.40. The van der Waals surface area contributed by atoms with E-state index >= 15 is 0 Å². The van der Waals surface area contributed by atoms with Crippen LogP contribution in [0.4, 0.5) is 0 Å². The van der Waals surface area contributed by atoms with Gasteiger partial charge in [0.25, 0.3) is 0 Å². The van der Waals surface area contributed by atoms with Crippen molar-refractivity contribution in [3.63, 3.8) is 0 Å². The number of fused-ring (bicyclic) bond motifs is 1. The molecule has 1 atom stereocenters. The molecule has 4 rings (SSSR count). The van der Waals surface area contributed by atoms with E-state index in [0.717, 1.165) is 39.6 Å². The number of aromatic hydroxyl groups is 1. The molecule has 0 saturated carbocycles. The van der Waals surface area contributed by atoms with Crippen molar-refractivity contribution in [1.82, 2.24) is 19.5 Å². The van der Waals surface area contributed by atoms with Crippen molar-refractivity contribution >= 4 is 32.2 Å². The summed E-state index contributed by atoms with van der Waals surface area (Å²) >= 11 is 5.06. The molecule has 2 aromatic heterocycles. The Bertz CT molecular complexity index is 867. The number of piperidine rings is 1. The highest BCUT2D eigenvalue weighted by molar-refractivity contribution is 9.10. The van der Waals surface area contributed by atoms with Gasteiger partial charge in [0.05, 0.1) is 10.9 Å². The molecule has 0 amide bonds. The maximum atomic E-state index is 10.9. The average Bonchev–Trinajstić information content (AvgIpc) is 3.18. The van der Waals surface area contributed by atoms with Crippen LogP contribution >= 0.6 is 27.3 Å². The van der Waals surface area contributed by atoms with Crippen molar-refractivity contribution in [2.75, 3.05) is 13.1 Å². The molecule has 0 spiro atoms. The number of hydrogen-bond donors (Lipinski definition) is 1. The van der Waals surface area contributed by atoms with Crippen LogP contribution in [0.25, 0.3) is 4.96 Å². The summed E-state index contributed by atoms with van der Waals surface area (Å²) in [4.78, 5) is 8.70. The highest BCUT2D eigenvalue weighted by atomic mass is 79.9. The lowest BCUT2D eigenvalue weighted by atomic mass is 10.0. The first-order valence-corrected chi connectivity index (χ1v) is 10.3. The number of thiazole rings is 1. The van der Waals surface area contributed by atoms with Gasteiger partial charge in [-0.3, -0.25) is 4.90 Å². The summed E-state index contributed by atoms with van der Waals surface area (Å²) in [6.07, 6.45) is 4.46. The lowest BCUT2D eigenvalue weighted by molar-refractivity contribution is 0.186.